The SMILES string of the molecule is CN(C)CCCCSOS(=O)(=O)[O-].[Na+]. The van der Waals surface area contributed by atoms with Crippen LogP contribution in [-0.4, -0.2) is 44.3 Å². The maximum atomic E-state index is 9.97. The zero-order chi connectivity index (χ0) is 10.3. The molecule has 0 aliphatic heterocycles. The molecule has 0 radical (unpaired) electrons. The van der Waals surface area contributed by atoms with Crippen LogP contribution in [0.25, 0.3) is 0 Å². The van der Waals surface area contributed by atoms with Gasteiger partial charge in [0.15, 0.2) is 0 Å². The van der Waals surface area contributed by atoms with Gasteiger partial charge >= 0.3 is 29.6 Å². The van der Waals surface area contributed by atoms with E-state index in [0.717, 1.165) is 19.4 Å². The molecule has 0 aromatic heterocycles. The summed E-state index contributed by atoms with van der Waals surface area (Å²) in [6.45, 7) is 0.949. The average molecular weight is 251 g/mol. The number of rotatable bonds is 7. The molecule has 0 saturated carbocycles. The Morgan fingerprint density at radius 1 is 1.36 bits per heavy atom. The van der Waals surface area contributed by atoms with Gasteiger partial charge in [-0.1, -0.05) is 0 Å². The van der Waals surface area contributed by atoms with Crippen molar-refractivity contribution in [1.82, 2.24) is 4.90 Å². The van der Waals surface area contributed by atoms with Gasteiger partial charge in [0.25, 0.3) is 0 Å². The van der Waals surface area contributed by atoms with Crippen LogP contribution in [0.1, 0.15) is 12.8 Å². The van der Waals surface area contributed by atoms with Crippen molar-refractivity contribution in [2.75, 3.05) is 26.4 Å². The van der Waals surface area contributed by atoms with Crippen LogP contribution in [0.4, 0.5) is 0 Å². The monoisotopic (exact) mass is 251 g/mol. The normalized spacial score (nSPS) is 11.4. The van der Waals surface area contributed by atoms with E-state index in [1.165, 1.54) is 0 Å². The fourth-order valence-corrected chi connectivity index (χ4v) is 1.75. The molecule has 14 heavy (non-hydrogen) atoms. The van der Waals surface area contributed by atoms with E-state index >= 15 is 0 Å². The van der Waals surface area contributed by atoms with E-state index in [0.29, 0.717) is 17.8 Å². The van der Waals surface area contributed by atoms with Crippen LogP contribution in [0.3, 0.4) is 0 Å². The summed E-state index contributed by atoms with van der Waals surface area (Å²) in [6.07, 6.45) is 1.79. The van der Waals surface area contributed by atoms with E-state index in [1.807, 2.05) is 19.0 Å². The Balaban J connectivity index is 0. The second-order valence-electron chi connectivity index (χ2n) is 2.81. The van der Waals surface area contributed by atoms with Crippen LogP contribution in [0.2, 0.25) is 0 Å². The molecule has 0 atom stereocenters. The van der Waals surface area contributed by atoms with Crippen molar-refractivity contribution in [3.05, 3.63) is 0 Å². The quantitative estimate of drug-likeness (QED) is 0.163. The third-order valence-corrected chi connectivity index (χ3v) is 2.72. The maximum absolute atomic E-state index is 9.97. The molecule has 0 heterocycles. The summed E-state index contributed by atoms with van der Waals surface area (Å²) in [6, 6.07) is 0. The van der Waals surface area contributed by atoms with Crippen molar-refractivity contribution in [1.29, 1.82) is 0 Å². The van der Waals surface area contributed by atoms with Gasteiger partial charge in [-0.25, -0.2) is 12.0 Å². The molecule has 0 aromatic carbocycles. The van der Waals surface area contributed by atoms with E-state index in [9.17, 15) is 13.0 Å². The molecule has 0 N–H and O–H groups in total. The molecular weight excluding hydrogens is 237 g/mol. The number of unbranched alkanes of at least 4 members (excludes halogenated alkanes) is 1. The van der Waals surface area contributed by atoms with E-state index in [1.54, 1.807) is 0 Å². The first kappa shape index (κ1) is 17.6. The van der Waals surface area contributed by atoms with Crippen LogP contribution < -0.4 is 29.6 Å². The van der Waals surface area contributed by atoms with Gasteiger partial charge < -0.3 is 9.45 Å². The predicted molar refractivity (Wildman–Crippen MR) is 51.0 cm³/mol. The molecule has 0 amide bonds. The second kappa shape index (κ2) is 9.41. The summed E-state index contributed by atoms with van der Waals surface area (Å²) in [5, 5.41) is 0. The summed E-state index contributed by atoms with van der Waals surface area (Å²) in [5.74, 6) is 0.523. The zero-order valence-electron chi connectivity index (χ0n) is 8.73. The zero-order valence-corrected chi connectivity index (χ0v) is 12.4. The Hall–Kier alpha value is 1.18. The Morgan fingerprint density at radius 2 is 1.93 bits per heavy atom. The molecule has 0 spiro atoms. The second-order valence-corrected chi connectivity index (χ2v) is 4.81. The van der Waals surface area contributed by atoms with Crippen LogP contribution >= 0.6 is 12.0 Å². The predicted octanol–water partition coefficient (Wildman–Crippen LogP) is -2.54. The van der Waals surface area contributed by atoms with Gasteiger partial charge in [0.2, 0.25) is 10.4 Å². The van der Waals surface area contributed by atoms with Gasteiger partial charge in [-0.15, -0.1) is 0 Å². The first-order chi connectivity index (χ1) is 5.92. The summed E-state index contributed by atoms with van der Waals surface area (Å²) in [5.41, 5.74) is 0. The van der Waals surface area contributed by atoms with E-state index in [2.05, 4.69) is 3.63 Å². The fraction of sp³-hybridized carbons (Fsp3) is 1.00. The van der Waals surface area contributed by atoms with Gasteiger partial charge in [-0.2, -0.15) is 0 Å². The molecule has 0 aliphatic carbocycles. The van der Waals surface area contributed by atoms with Gasteiger partial charge in [-0.3, -0.25) is 0 Å². The van der Waals surface area contributed by atoms with E-state index in [-0.39, 0.29) is 29.6 Å². The Kier molecular flexibility index (Phi) is 11.8. The smallest absolute Gasteiger partial charge is 0.725 e. The van der Waals surface area contributed by atoms with Crippen molar-refractivity contribution in [2.45, 2.75) is 12.8 Å². The number of hydrogen-bond acceptors (Lipinski definition) is 6. The molecule has 0 saturated heterocycles. The maximum Gasteiger partial charge on any atom is 1.00 e. The molecular formula is C6H14NNaO4S2. The molecule has 80 valence electrons. The third-order valence-electron chi connectivity index (χ3n) is 1.21. The summed E-state index contributed by atoms with van der Waals surface area (Å²) >= 11 is 0.693. The Labute approximate surface area is 112 Å². The van der Waals surface area contributed by atoms with Crippen molar-refractivity contribution >= 4 is 22.4 Å². The third kappa shape index (κ3) is 15.6. The fourth-order valence-electron chi connectivity index (χ4n) is 0.682. The van der Waals surface area contributed by atoms with Gasteiger partial charge in [0, 0.05) is 17.8 Å². The first-order valence-electron chi connectivity index (χ1n) is 3.83. The average Bonchev–Trinajstić information content (AvgIpc) is 1.93. The molecule has 0 bridgehead atoms. The van der Waals surface area contributed by atoms with Crippen molar-refractivity contribution in [3.8, 4) is 0 Å². The molecule has 8 heteroatoms. The molecule has 5 nitrogen and oxygen atoms in total. The van der Waals surface area contributed by atoms with Gasteiger partial charge in [-0.05, 0) is 33.5 Å². The van der Waals surface area contributed by atoms with E-state index in [4.69, 9.17) is 0 Å². The first-order valence-corrected chi connectivity index (χ1v) is 6.08. The number of nitrogens with zero attached hydrogens (tertiary/aromatic N) is 1. The topological polar surface area (TPSA) is 69.7 Å². The van der Waals surface area contributed by atoms with Crippen molar-refractivity contribution in [3.63, 3.8) is 0 Å². The van der Waals surface area contributed by atoms with Gasteiger partial charge in [0.1, 0.15) is 0 Å². The van der Waals surface area contributed by atoms with Crippen LogP contribution in [0, 0.1) is 0 Å². The van der Waals surface area contributed by atoms with Gasteiger partial charge in [0.05, 0.1) is 0 Å². The van der Waals surface area contributed by atoms with Crippen LogP contribution in [0.15, 0.2) is 0 Å². The minimum atomic E-state index is -4.53. The van der Waals surface area contributed by atoms with Crippen LogP contribution in [0.5, 0.6) is 0 Å². The summed E-state index contributed by atoms with van der Waals surface area (Å²) in [4.78, 5) is 2.04. The Morgan fingerprint density at radius 3 is 2.36 bits per heavy atom. The molecule has 0 rings (SSSR count). The van der Waals surface area contributed by atoms with Crippen molar-refractivity contribution < 1.29 is 46.2 Å². The summed E-state index contributed by atoms with van der Waals surface area (Å²) < 4.78 is 33.9. The summed E-state index contributed by atoms with van der Waals surface area (Å²) in [7, 11) is -0.597. The minimum absolute atomic E-state index is 0. The Bertz CT molecular complexity index is 220. The van der Waals surface area contributed by atoms with Crippen LogP contribution in [-0.2, 0) is 14.0 Å². The number of hydrogen-bond donors (Lipinski definition) is 0. The minimum Gasteiger partial charge on any atom is -0.725 e. The molecule has 0 aromatic rings. The standard InChI is InChI=1S/C6H15NO4S2.Na/c1-7(2)5-3-4-6-12-11-13(8,9)10;/h3-6H2,1-2H3,(H,8,9,10);/q;+1/p-1. The molecule has 0 fully saturated rings. The largest absolute Gasteiger partial charge is 1.00 e. The van der Waals surface area contributed by atoms with Crippen molar-refractivity contribution in [2.24, 2.45) is 0 Å². The van der Waals surface area contributed by atoms with E-state index < -0.39 is 10.4 Å². The molecule has 0 unspecified atom stereocenters. The molecule has 0 aliphatic rings.